The fourth-order valence-electron chi connectivity index (χ4n) is 2.50. The third-order valence-electron chi connectivity index (χ3n) is 3.68. The summed E-state index contributed by atoms with van der Waals surface area (Å²) in [6.45, 7) is 1.31. The Morgan fingerprint density at radius 1 is 1.12 bits per heavy atom. The zero-order valence-corrected chi connectivity index (χ0v) is 14.3. The van der Waals surface area contributed by atoms with Gasteiger partial charge in [-0.25, -0.2) is 0 Å². The van der Waals surface area contributed by atoms with Crippen molar-refractivity contribution in [3.8, 4) is 5.75 Å². The lowest BCUT2D eigenvalue weighted by molar-refractivity contribution is -0.757. The fraction of sp³-hybridized carbons (Fsp3) is 0.500. The maximum absolute atomic E-state index is 12.4. The summed E-state index contributed by atoms with van der Waals surface area (Å²) in [6, 6.07) is 4.81. The van der Waals surface area contributed by atoms with E-state index in [1.165, 1.54) is 0 Å². The standard InChI is InChI=1S/C16H21N3O6/c1-17(2)7-3-9-24-12-5-6-13-14(11-12)16(21)18(15(13)20)8-4-10-25-19(22)23/h5-6,11H,3-4,7-10H2,1-2H3. The molecule has 0 unspecified atom stereocenters. The van der Waals surface area contributed by atoms with Crippen LogP contribution in [0.15, 0.2) is 18.2 Å². The molecular formula is C16H21N3O6. The van der Waals surface area contributed by atoms with Crippen molar-refractivity contribution in [1.29, 1.82) is 0 Å². The number of benzene rings is 1. The van der Waals surface area contributed by atoms with Crippen molar-refractivity contribution >= 4 is 11.8 Å². The van der Waals surface area contributed by atoms with E-state index >= 15 is 0 Å². The Bertz CT molecular complexity index is 661. The monoisotopic (exact) mass is 351 g/mol. The van der Waals surface area contributed by atoms with Gasteiger partial charge in [-0.15, -0.1) is 10.1 Å². The Morgan fingerprint density at radius 3 is 2.52 bits per heavy atom. The number of hydrogen-bond acceptors (Lipinski definition) is 7. The molecule has 0 bridgehead atoms. The van der Waals surface area contributed by atoms with Crippen LogP contribution in [0.25, 0.3) is 0 Å². The highest BCUT2D eigenvalue weighted by atomic mass is 16.9. The Hall–Kier alpha value is -2.68. The fourth-order valence-corrected chi connectivity index (χ4v) is 2.50. The average Bonchev–Trinajstić information content (AvgIpc) is 2.79. The van der Waals surface area contributed by atoms with Crippen LogP contribution < -0.4 is 4.74 Å². The lowest BCUT2D eigenvalue weighted by Gasteiger charge is -2.12. The molecule has 0 atom stereocenters. The molecule has 0 N–H and O–H groups in total. The molecule has 0 fully saturated rings. The van der Waals surface area contributed by atoms with Crippen LogP contribution in [0.2, 0.25) is 0 Å². The predicted molar refractivity (Wildman–Crippen MR) is 88.0 cm³/mol. The van der Waals surface area contributed by atoms with Crippen LogP contribution in [0.5, 0.6) is 5.75 Å². The number of nitrogens with zero attached hydrogens (tertiary/aromatic N) is 3. The number of carbonyl (C=O) groups excluding carboxylic acids is 2. The normalized spacial score (nSPS) is 13.3. The van der Waals surface area contributed by atoms with Gasteiger partial charge in [-0.3, -0.25) is 14.5 Å². The lowest BCUT2D eigenvalue weighted by Crippen LogP contribution is -2.31. The van der Waals surface area contributed by atoms with E-state index in [-0.39, 0.29) is 19.6 Å². The number of fused-ring (bicyclic) bond motifs is 1. The van der Waals surface area contributed by atoms with E-state index in [1.807, 2.05) is 14.1 Å². The summed E-state index contributed by atoms with van der Waals surface area (Å²) in [5.41, 5.74) is 0.617. The van der Waals surface area contributed by atoms with E-state index in [4.69, 9.17) is 4.74 Å². The average molecular weight is 351 g/mol. The molecule has 9 nitrogen and oxygen atoms in total. The van der Waals surface area contributed by atoms with Crippen molar-refractivity contribution in [3.63, 3.8) is 0 Å². The van der Waals surface area contributed by atoms with Crippen LogP contribution >= 0.6 is 0 Å². The van der Waals surface area contributed by atoms with Gasteiger partial charge in [-0.2, -0.15) is 0 Å². The first-order valence-corrected chi connectivity index (χ1v) is 7.95. The summed E-state index contributed by atoms with van der Waals surface area (Å²) in [5.74, 6) is -0.280. The molecule has 0 aromatic heterocycles. The number of carbonyl (C=O) groups is 2. The minimum absolute atomic E-state index is 0.0687. The molecule has 9 heteroatoms. The molecule has 2 amide bonds. The van der Waals surface area contributed by atoms with Gasteiger partial charge in [0, 0.05) is 13.1 Å². The summed E-state index contributed by atoms with van der Waals surface area (Å²) in [6.07, 6.45) is 1.04. The summed E-state index contributed by atoms with van der Waals surface area (Å²) in [7, 11) is 3.95. The Morgan fingerprint density at radius 2 is 1.84 bits per heavy atom. The third kappa shape index (κ3) is 4.90. The van der Waals surface area contributed by atoms with Gasteiger partial charge in [0.1, 0.15) is 5.75 Å². The van der Waals surface area contributed by atoms with Crippen molar-refractivity contribution in [2.75, 3.05) is 40.4 Å². The van der Waals surface area contributed by atoms with Gasteiger partial charge in [-0.05, 0) is 45.1 Å². The zero-order valence-electron chi connectivity index (χ0n) is 14.3. The molecule has 0 saturated heterocycles. The molecule has 0 saturated carbocycles. The Balaban J connectivity index is 1.93. The van der Waals surface area contributed by atoms with E-state index in [0.717, 1.165) is 17.9 Å². The first-order valence-electron chi connectivity index (χ1n) is 7.95. The van der Waals surface area contributed by atoms with Gasteiger partial charge in [0.05, 0.1) is 24.3 Å². The molecule has 0 radical (unpaired) electrons. The van der Waals surface area contributed by atoms with Crippen LogP contribution in [0, 0.1) is 10.1 Å². The van der Waals surface area contributed by atoms with Crippen molar-refractivity contribution < 1.29 is 24.3 Å². The zero-order chi connectivity index (χ0) is 18.4. The van der Waals surface area contributed by atoms with Crippen LogP contribution in [0.3, 0.4) is 0 Å². The highest BCUT2D eigenvalue weighted by Crippen LogP contribution is 2.27. The second-order valence-corrected chi connectivity index (χ2v) is 5.89. The minimum atomic E-state index is -0.901. The molecule has 0 aliphatic carbocycles. The van der Waals surface area contributed by atoms with Crippen LogP contribution in [0.1, 0.15) is 33.6 Å². The molecule has 2 rings (SSSR count). The topological polar surface area (TPSA) is 102 Å². The molecule has 1 heterocycles. The number of imide groups is 1. The first kappa shape index (κ1) is 18.7. The maximum atomic E-state index is 12.4. The minimum Gasteiger partial charge on any atom is -0.494 e. The largest absolute Gasteiger partial charge is 0.494 e. The number of ether oxygens (including phenoxy) is 1. The van der Waals surface area contributed by atoms with Gasteiger partial charge in [-0.1, -0.05) is 0 Å². The van der Waals surface area contributed by atoms with Crippen molar-refractivity contribution in [2.24, 2.45) is 0 Å². The molecule has 0 spiro atoms. The van der Waals surface area contributed by atoms with E-state index < -0.39 is 16.9 Å². The smallest absolute Gasteiger partial charge is 0.294 e. The van der Waals surface area contributed by atoms with Gasteiger partial charge < -0.3 is 14.5 Å². The molecule has 1 aromatic rings. The van der Waals surface area contributed by atoms with E-state index in [0.29, 0.717) is 23.5 Å². The molecule has 25 heavy (non-hydrogen) atoms. The van der Waals surface area contributed by atoms with Gasteiger partial charge in [0.2, 0.25) is 0 Å². The predicted octanol–water partition coefficient (Wildman–Crippen LogP) is 1.21. The van der Waals surface area contributed by atoms with Gasteiger partial charge in [0.15, 0.2) is 0 Å². The molecule has 136 valence electrons. The van der Waals surface area contributed by atoms with Crippen LogP contribution in [-0.2, 0) is 4.84 Å². The maximum Gasteiger partial charge on any atom is 0.294 e. The summed E-state index contributed by atoms with van der Waals surface area (Å²) in [5, 5.41) is 9.20. The summed E-state index contributed by atoms with van der Waals surface area (Å²) in [4.78, 5) is 42.1. The lowest BCUT2D eigenvalue weighted by atomic mass is 10.1. The van der Waals surface area contributed by atoms with E-state index in [2.05, 4.69) is 9.74 Å². The third-order valence-corrected chi connectivity index (χ3v) is 3.68. The number of amides is 2. The van der Waals surface area contributed by atoms with Gasteiger partial charge in [0.25, 0.3) is 16.9 Å². The Labute approximate surface area is 145 Å². The van der Waals surface area contributed by atoms with Crippen molar-refractivity contribution in [1.82, 2.24) is 9.80 Å². The molecule has 1 aliphatic rings. The molecule has 1 aromatic carbocycles. The van der Waals surface area contributed by atoms with Crippen LogP contribution in [0.4, 0.5) is 0 Å². The summed E-state index contributed by atoms with van der Waals surface area (Å²) < 4.78 is 5.62. The van der Waals surface area contributed by atoms with E-state index in [1.54, 1.807) is 18.2 Å². The Kier molecular flexibility index (Phi) is 6.29. The van der Waals surface area contributed by atoms with E-state index in [9.17, 15) is 19.7 Å². The van der Waals surface area contributed by atoms with Crippen LogP contribution in [-0.4, -0.2) is 67.1 Å². The van der Waals surface area contributed by atoms with Crippen molar-refractivity contribution in [2.45, 2.75) is 12.8 Å². The molecular weight excluding hydrogens is 330 g/mol. The summed E-state index contributed by atoms with van der Waals surface area (Å²) >= 11 is 0. The number of rotatable bonds is 10. The van der Waals surface area contributed by atoms with Crippen molar-refractivity contribution in [3.05, 3.63) is 39.4 Å². The first-order chi connectivity index (χ1) is 11.9. The second kappa shape index (κ2) is 8.43. The number of hydrogen-bond donors (Lipinski definition) is 0. The second-order valence-electron chi connectivity index (χ2n) is 5.89. The molecule has 1 aliphatic heterocycles. The highest BCUT2D eigenvalue weighted by molar-refractivity contribution is 6.21. The van der Waals surface area contributed by atoms with Gasteiger partial charge >= 0.3 is 0 Å². The SMILES string of the molecule is CN(C)CCCOc1ccc2c(c1)C(=O)N(CCCO[N+](=O)[O-])C2=O. The quantitative estimate of drug-likeness (QED) is 0.270. The highest BCUT2D eigenvalue weighted by Gasteiger charge is 2.35.